The van der Waals surface area contributed by atoms with Crippen LogP contribution in [-0.4, -0.2) is 49.7 Å². The number of anilines is 2. The number of amides is 1. The Morgan fingerprint density at radius 1 is 1.17 bits per heavy atom. The summed E-state index contributed by atoms with van der Waals surface area (Å²) in [5, 5.41) is 6.54. The zero-order chi connectivity index (χ0) is 20.8. The summed E-state index contributed by atoms with van der Waals surface area (Å²) in [7, 11) is 5.59. The number of carbonyl (C=O) groups is 1. The minimum absolute atomic E-state index is 0.0153. The van der Waals surface area contributed by atoms with Crippen molar-refractivity contribution in [1.82, 2.24) is 15.3 Å². The van der Waals surface area contributed by atoms with Crippen LogP contribution in [0.1, 0.15) is 41.6 Å². The van der Waals surface area contributed by atoms with Gasteiger partial charge < -0.3 is 20.3 Å². The highest BCUT2D eigenvalue weighted by Gasteiger charge is 2.23. The number of rotatable bonds is 7. The van der Waals surface area contributed by atoms with Crippen molar-refractivity contribution in [1.29, 1.82) is 0 Å². The first-order valence-electron chi connectivity index (χ1n) is 10.2. The van der Waals surface area contributed by atoms with Crippen molar-refractivity contribution >= 4 is 17.7 Å². The fraction of sp³-hybridized carbons (Fsp3) is 0.500. The third kappa shape index (κ3) is 5.59. The van der Waals surface area contributed by atoms with Crippen molar-refractivity contribution in [2.75, 3.05) is 38.0 Å². The molecule has 2 aromatic rings. The van der Waals surface area contributed by atoms with Gasteiger partial charge in [0.2, 0.25) is 5.95 Å². The van der Waals surface area contributed by atoms with E-state index in [-0.39, 0.29) is 11.9 Å². The SMILES string of the molecule is COc1ccc(C(=O)NC2CCC(CNc3ncc(C)c(N(C)C)n3)CC2)cc1. The van der Waals surface area contributed by atoms with E-state index in [2.05, 4.69) is 20.6 Å². The molecule has 1 aliphatic carbocycles. The molecule has 1 saturated carbocycles. The highest BCUT2D eigenvalue weighted by Crippen LogP contribution is 2.25. The van der Waals surface area contributed by atoms with Gasteiger partial charge in [-0.25, -0.2) is 4.98 Å². The lowest BCUT2D eigenvalue weighted by molar-refractivity contribution is 0.0922. The summed E-state index contributed by atoms with van der Waals surface area (Å²) >= 11 is 0. The van der Waals surface area contributed by atoms with Crippen LogP contribution in [0.25, 0.3) is 0 Å². The molecule has 0 atom stereocenters. The molecule has 7 nitrogen and oxygen atoms in total. The predicted octanol–water partition coefficient (Wildman–Crippen LogP) is 3.26. The van der Waals surface area contributed by atoms with Gasteiger partial charge in [-0.1, -0.05) is 0 Å². The van der Waals surface area contributed by atoms with Crippen LogP contribution in [0.5, 0.6) is 5.75 Å². The van der Waals surface area contributed by atoms with Crippen molar-refractivity contribution in [3.8, 4) is 5.75 Å². The average Bonchev–Trinajstić information content (AvgIpc) is 2.74. The number of nitrogens with one attached hydrogen (secondary N) is 2. The lowest BCUT2D eigenvalue weighted by Gasteiger charge is -2.29. The Morgan fingerprint density at radius 3 is 2.48 bits per heavy atom. The summed E-state index contributed by atoms with van der Waals surface area (Å²) in [4.78, 5) is 23.4. The smallest absolute Gasteiger partial charge is 0.251 e. The van der Waals surface area contributed by atoms with Crippen molar-refractivity contribution < 1.29 is 9.53 Å². The van der Waals surface area contributed by atoms with Crippen LogP contribution in [0.2, 0.25) is 0 Å². The summed E-state index contributed by atoms with van der Waals surface area (Å²) in [6.07, 6.45) is 5.99. The van der Waals surface area contributed by atoms with Crippen molar-refractivity contribution in [3.63, 3.8) is 0 Å². The van der Waals surface area contributed by atoms with E-state index in [0.29, 0.717) is 17.4 Å². The molecule has 0 saturated heterocycles. The monoisotopic (exact) mass is 397 g/mol. The van der Waals surface area contributed by atoms with Crippen LogP contribution in [0.3, 0.4) is 0 Å². The first-order valence-corrected chi connectivity index (χ1v) is 10.2. The van der Waals surface area contributed by atoms with Gasteiger partial charge >= 0.3 is 0 Å². The zero-order valence-corrected chi connectivity index (χ0v) is 17.7. The van der Waals surface area contributed by atoms with E-state index in [1.54, 1.807) is 19.2 Å². The lowest BCUT2D eigenvalue weighted by Crippen LogP contribution is -2.38. The topological polar surface area (TPSA) is 79.4 Å². The van der Waals surface area contributed by atoms with E-state index < -0.39 is 0 Å². The number of hydrogen-bond donors (Lipinski definition) is 2. The molecule has 0 spiro atoms. The molecule has 0 radical (unpaired) electrons. The van der Waals surface area contributed by atoms with Gasteiger partial charge in [0.1, 0.15) is 11.6 Å². The number of nitrogens with zero attached hydrogens (tertiary/aromatic N) is 3. The van der Waals surface area contributed by atoms with Gasteiger partial charge in [0.15, 0.2) is 0 Å². The van der Waals surface area contributed by atoms with Crippen LogP contribution in [0.4, 0.5) is 11.8 Å². The van der Waals surface area contributed by atoms with Gasteiger partial charge in [0.25, 0.3) is 5.91 Å². The van der Waals surface area contributed by atoms with Crippen LogP contribution in [0.15, 0.2) is 30.5 Å². The molecule has 7 heteroatoms. The fourth-order valence-electron chi connectivity index (χ4n) is 3.73. The van der Waals surface area contributed by atoms with E-state index in [4.69, 9.17) is 4.74 Å². The van der Waals surface area contributed by atoms with E-state index in [0.717, 1.165) is 49.4 Å². The highest BCUT2D eigenvalue weighted by molar-refractivity contribution is 5.94. The van der Waals surface area contributed by atoms with Crippen LogP contribution < -0.4 is 20.3 Å². The molecule has 1 aliphatic rings. The number of benzene rings is 1. The maximum Gasteiger partial charge on any atom is 0.251 e. The summed E-state index contributed by atoms with van der Waals surface area (Å²) in [5.41, 5.74) is 1.73. The Labute approximate surface area is 172 Å². The standard InChI is InChI=1S/C22H31N5O2/c1-15-13-23-22(26-20(15)27(2)3)24-14-16-5-9-18(10-6-16)25-21(28)17-7-11-19(29-4)12-8-17/h7-8,11-13,16,18H,5-6,9-10,14H2,1-4H3,(H,25,28)(H,23,24,26). The number of hydrogen-bond acceptors (Lipinski definition) is 6. The van der Waals surface area contributed by atoms with E-state index in [9.17, 15) is 4.79 Å². The number of methoxy groups -OCH3 is 1. The van der Waals surface area contributed by atoms with Crippen LogP contribution in [0, 0.1) is 12.8 Å². The van der Waals surface area contributed by atoms with E-state index >= 15 is 0 Å². The normalized spacial score (nSPS) is 18.8. The summed E-state index contributed by atoms with van der Waals surface area (Å²) in [6, 6.07) is 7.45. The molecule has 0 aliphatic heterocycles. The third-order valence-corrected chi connectivity index (χ3v) is 5.45. The number of aromatic nitrogens is 2. The maximum atomic E-state index is 12.4. The third-order valence-electron chi connectivity index (χ3n) is 5.45. The fourth-order valence-corrected chi connectivity index (χ4v) is 3.73. The first kappa shape index (κ1) is 20.9. The molecular weight excluding hydrogens is 366 g/mol. The quantitative estimate of drug-likeness (QED) is 0.747. The molecule has 29 heavy (non-hydrogen) atoms. The zero-order valence-electron chi connectivity index (χ0n) is 17.7. The largest absolute Gasteiger partial charge is 0.497 e. The van der Waals surface area contributed by atoms with Crippen molar-refractivity contribution in [3.05, 3.63) is 41.6 Å². The van der Waals surface area contributed by atoms with Crippen molar-refractivity contribution in [2.45, 2.75) is 38.6 Å². The Balaban J connectivity index is 1.44. The number of ether oxygens (including phenoxy) is 1. The second-order valence-corrected chi connectivity index (χ2v) is 7.90. The van der Waals surface area contributed by atoms with Gasteiger partial charge in [-0.2, -0.15) is 4.98 Å². The molecule has 0 unspecified atom stereocenters. The van der Waals surface area contributed by atoms with E-state index in [1.807, 2.05) is 44.2 Å². The Kier molecular flexibility index (Phi) is 6.90. The molecular formula is C22H31N5O2. The Bertz CT molecular complexity index is 814. The molecule has 0 bridgehead atoms. The van der Waals surface area contributed by atoms with Crippen LogP contribution >= 0.6 is 0 Å². The average molecular weight is 398 g/mol. The van der Waals surface area contributed by atoms with Crippen LogP contribution in [-0.2, 0) is 0 Å². The maximum absolute atomic E-state index is 12.4. The first-order chi connectivity index (χ1) is 14.0. The van der Waals surface area contributed by atoms with Gasteiger partial charge in [0, 0.05) is 44.0 Å². The molecule has 2 N–H and O–H groups in total. The van der Waals surface area contributed by atoms with Gasteiger partial charge in [-0.15, -0.1) is 0 Å². The minimum atomic E-state index is -0.0153. The van der Waals surface area contributed by atoms with Crippen molar-refractivity contribution in [2.24, 2.45) is 5.92 Å². The minimum Gasteiger partial charge on any atom is -0.497 e. The summed E-state index contributed by atoms with van der Waals surface area (Å²) < 4.78 is 5.14. The van der Waals surface area contributed by atoms with Gasteiger partial charge in [-0.05, 0) is 62.8 Å². The molecule has 1 fully saturated rings. The molecule has 1 aromatic heterocycles. The number of aryl methyl sites for hydroxylation is 1. The molecule has 1 amide bonds. The molecule has 156 valence electrons. The Morgan fingerprint density at radius 2 is 1.86 bits per heavy atom. The lowest BCUT2D eigenvalue weighted by atomic mass is 9.86. The highest BCUT2D eigenvalue weighted by atomic mass is 16.5. The molecule has 3 rings (SSSR count). The van der Waals surface area contributed by atoms with E-state index in [1.165, 1.54) is 0 Å². The summed E-state index contributed by atoms with van der Waals surface area (Å²) in [5.74, 6) is 2.92. The second-order valence-electron chi connectivity index (χ2n) is 7.90. The second kappa shape index (κ2) is 9.58. The van der Waals surface area contributed by atoms with Gasteiger partial charge in [-0.3, -0.25) is 4.79 Å². The molecule has 1 heterocycles. The van der Waals surface area contributed by atoms with Gasteiger partial charge in [0.05, 0.1) is 7.11 Å². The summed E-state index contributed by atoms with van der Waals surface area (Å²) in [6.45, 7) is 2.87. The Hall–Kier alpha value is -2.83. The predicted molar refractivity (Wildman–Crippen MR) is 116 cm³/mol. The number of carbonyl (C=O) groups excluding carboxylic acids is 1. The molecule has 1 aromatic carbocycles.